The fourth-order valence-corrected chi connectivity index (χ4v) is 1.35. The van der Waals surface area contributed by atoms with Crippen molar-refractivity contribution in [1.29, 1.82) is 0 Å². The standard InChI is InChI=1S/C9H11BrO2/c1-6(2)12-9-4-7(10)3-8(11)5-9/h3-6,11H,1-2H3. The van der Waals surface area contributed by atoms with E-state index in [-0.39, 0.29) is 11.9 Å². The number of rotatable bonds is 2. The highest BCUT2D eigenvalue weighted by atomic mass is 79.9. The molecule has 0 fully saturated rings. The number of aromatic hydroxyl groups is 1. The Labute approximate surface area is 80.3 Å². The van der Waals surface area contributed by atoms with Crippen molar-refractivity contribution >= 4 is 15.9 Å². The Morgan fingerprint density at radius 2 is 2.00 bits per heavy atom. The van der Waals surface area contributed by atoms with Gasteiger partial charge in [0, 0.05) is 10.5 Å². The Bertz CT molecular complexity index is 251. The second-order valence-corrected chi connectivity index (χ2v) is 3.73. The highest BCUT2D eigenvalue weighted by molar-refractivity contribution is 9.10. The van der Waals surface area contributed by atoms with Crippen LogP contribution in [0.4, 0.5) is 0 Å². The summed E-state index contributed by atoms with van der Waals surface area (Å²) in [5.74, 6) is 0.886. The van der Waals surface area contributed by atoms with Crippen LogP contribution in [0.25, 0.3) is 0 Å². The van der Waals surface area contributed by atoms with Crippen LogP contribution in [0.15, 0.2) is 22.7 Å². The zero-order chi connectivity index (χ0) is 9.14. The van der Waals surface area contributed by atoms with E-state index in [9.17, 15) is 5.11 Å². The SMILES string of the molecule is CC(C)Oc1cc(O)cc(Br)c1. The normalized spacial score (nSPS) is 10.3. The zero-order valence-electron chi connectivity index (χ0n) is 7.04. The van der Waals surface area contributed by atoms with Crippen molar-refractivity contribution in [2.75, 3.05) is 0 Å². The number of ether oxygens (including phenoxy) is 1. The average Bonchev–Trinajstić information content (AvgIpc) is 1.81. The molecule has 2 nitrogen and oxygen atoms in total. The van der Waals surface area contributed by atoms with E-state index in [1.54, 1.807) is 12.1 Å². The smallest absolute Gasteiger partial charge is 0.124 e. The quantitative estimate of drug-likeness (QED) is 0.847. The summed E-state index contributed by atoms with van der Waals surface area (Å²) in [7, 11) is 0. The van der Waals surface area contributed by atoms with E-state index in [1.165, 1.54) is 0 Å². The maximum Gasteiger partial charge on any atom is 0.124 e. The first-order chi connectivity index (χ1) is 5.58. The van der Waals surface area contributed by atoms with Crippen molar-refractivity contribution in [1.82, 2.24) is 0 Å². The van der Waals surface area contributed by atoms with Gasteiger partial charge in [0.15, 0.2) is 0 Å². The van der Waals surface area contributed by atoms with E-state index >= 15 is 0 Å². The van der Waals surface area contributed by atoms with Crippen LogP contribution in [0, 0.1) is 0 Å². The van der Waals surface area contributed by atoms with Crippen LogP contribution in [0.3, 0.4) is 0 Å². The van der Waals surface area contributed by atoms with Gasteiger partial charge in [0.2, 0.25) is 0 Å². The van der Waals surface area contributed by atoms with Gasteiger partial charge in [0.1, 0.15) is 11.5 Å². The predicted molar refractivity (Wildman–Crippen MR) is 51.6 cm³/mol. The summed E-state index contributed by atoms with van der Waals surface area (Å²) in [6, 6.07) is 5.03. The molecule has 0 radical (unpaired) electrons. The van der Waals surface area contributed by atoms with Crippen molar-refractivity contribution in [2.45, 2.75) is 20.0 Å². The van der Waals surface area contributed by atoms with E-state index in [0.29, 0.717) is 5.75 Å². The van der Waals surface area contributed by atoms with Crippen molar-refractivity contribution in [3.63, 3.8) is 0 Å². The van der Waals surface area contributed by atoms with E-state index in [0.717, 1.165) is 4.47 Å². The predicted octanol–water partition coefficient (Wildman–Crippen LogP) is 2.94. The number of benzene rings is 1. The largest absolute Gasteiger partial charge is 0.508 e. The Morgan fingerprint density at radius 1 is 1.33 bits per heavy atom. The molecule has 0 heterocycles. The Balaban J connectivity index is 2.85. The van der Waals surface area contributed by atoms with Gasteiger partial charge < -0.3 is 9.84 Å². The minimum Gasteiger partial charge on any atom is -0.508 e. The summed E-state index contributed by atoms with van der Waals surface area (Å²) >= 11 is 3.26. The van der Waals surface area contributed by atoms with E-state index in [2.05, 4.69) is 15.9 Å². The van der Waals surface area contributed by atoms with Crippen LogP contribution in [0.2, 0.25) is 0 Å². The van der Waals surface area contributed by atoms with Crippen LogP contribution in [-0.4, -0.2) is 11.2 Å². The molecule has 1 aromatic carbocycles. The second-order valence-electron chi connectivity index (χ2n) is 2.81. The maximum absolute atomic E-state index is 9.20. The van der Waals surface area contributed by atoms with Crippen molar-refractivity contribution in [3.8, 4) is 11.5 Å². The van der Waals surface area contributed by atoms with Gasteiger partial charge >= 0.3 is 0 Å². The summed E-state index contributed by atoms with van der Waals surface area (Å²) in [4.78, 5) is 0. The molecule has 0 aliphatic rings. The molecule has 0 aliphatic carbocycles. The molecule has 0 aliphatic heterocycles. The molecule has 0 amide bonds. The molecule has 0 aromatic heterocycles. The molecule has 0 atom stereocenters. The lowest BCUT2D eigenvalue weighted by atomic mass is 10.3. The molecule has 12 heavy (non-hydrogen) atoms. The first-order valence-electron chi connectivity index (χ1n) is 3.74. The van der Waals surface area contributed by atoms with Crippen LogP contribution in [0.5, 0.6) is 11.5 Å². The molecular formula is C9H11BrO2. The number of phenols is 1. The van der Waals surface area contributed by atoms with Gasteiger partial charge in [0.25, 0.3) is 0 Å². The maximum atomic E-state index is 9.20. The average molecular weight is 231 g/mol. The first kappa shape index (κ1) is 9.39. The molecule has 1 N–H and O–H groups in total. The molecule has 0 saturated carbocycles. The zero-order valence-corrected chi connectivity index (χ0v) is 8.63. The molecule has 0 bridgehead atoms. The fraction of sp³-hybridized carbons (Fsp3) is 0.333. The summed E-state index contributed by atoms with van der Waals surface area (Å²) < 4.78 is 6.20. The highest BCUT2D eigenvalue weighted by Gasteiger charge is 2.00. The third-order valence-electron chi connectivity index (χ3n) is 1.23. The van der Waals surface area contributed by atoms with Gasteiger partial charge in [-0.1, -0.05) is 15.9 Å². The molecular weight excluding hydrogens is 220 g/mol. The third-order valence-corrected chi connectivity index (χ3v) is 1.69. The Hall–Kier alpha value is -0.700. The van der Waals surface area contributed by atoms with Gasteiger partial charge in [0.05, 0.1) is 6.10 Å². The lowest BCUT2D eigenvalue weighted by Crippen LogP contribution is -2.05. The van der Waals surface area contributed by atoms with Crippen LogP contribution in [-0.2, 0) is 0 Å². The first-order valence-corrected chi connectivity index (χ1v) is 4.53. The van der Waals surface area contributed by atoms with E-state index < -0.39 is 0 Å². The Morgan fingerprint density at radius 3 is 2.50 bits per heavy atom. The van der Waals surface area contributed by atoms with Crippen LogP contribution in [0.1, 0.15) is 13.8 Å². The van der Waals surface area contributed by atoms with Crippen LogP contribution < -0.4 is 4.74 Å². The third kappa shape index (κ3) is 2.74. The molecule has 0 spiro atoms. The van der Waals surface area contributed by atoms with Gasteiger partial charge in [-0.25, -0.2) is 0 Å². The van der Waals surface area contributed by atoms with Crippen molar-refractivity contribution in [2.24, 2.45) is 0 Å². The Kier molecular flexibility index (Phi) is 2.98. The second kappa shape index (κ2) is 3.81. The summed E-state index contributed by atoms with van der Waals surface area (Å²) in [5.41, 5.74) is 0. The van der Waals surface area contributed by atoms with Gasteiger partial charge in [-0.15, -0.1) is 0 Å². The molecule has 0 unspecified atom stereocenters. The fourth-order valence-electron chi connectivity index (χ4n) is 0.888. The monoisotopic (exact) mass is 230 g/mol. The van der Waals surface area contributed by atoms with Gasteiger partial charge in [-0.2, -0.15) is 0 Å². The minimum atomic E-state index is 0.124. The number of hydrogen-bond acceptors (Lipinski definition) is 2. The molecule has 0 saturated heterocycles. The number of phenolic OH excluding ortho intramolecular Hbond substituents is 1. The molecule has 1 rings (SSSR count). The van der Waals surface area contributed by atoms with E-state index in [4.69, 9.17) is 4.74 Å². The van der Waals surface area contributed by atoms with Crippen molar-refractivity contribution in [3.05, 3.63) is 22.7 Å². The summed E-state index contributed by atoms with van der Waals surface area (Å²) in [6.45, 7) is 3.88. The molecule has 3 heteroatoms. The van der Waals surface area contributed by atoms with Gasteiger partial charge in [-0.05, 0) is 26.0 Å². The minimum absolute atomic E-state index is 0.124. The number of halogens is 1. The van der Waals surface area contributed by atoms with E-state index in [1.807, 2.05) is 19.9 Å². The number of hydrogen-bond donors (Lipinski definition) is 1. The summed E-state index contributed by atoms with van der Waals surface area (Å²) in [6.07, 6.45) is 0.124. The topological polar surface area (TPSA) is 29.5 Å². The lowest BCUT2D eigenvalue weighted by molar-refractivity contribution is 0.241. The lowest BCUT2D eigenvalue weighted by Gasteiger charge is -2.09. The molecule has 66 valence electrons. The molecule has 1 aromatic rings. The highest BCUT2D eigenvalue weighted by Crippen LogP contribution is 2.25. The summed E-state index contributed by atoms with van der Waals surface area (Å²) in [5, 5.41) is 9.20. The van der Waals surface area contributed by atoms with Crippen molar-refractivity contribution < 1.29 is 9.84 Å². The van der Waals surface area contributed by atoms with Crippen LogP contribution >= 0.6 is 15.9 Å². The van der Waals surface area contributed by atoms with Gasteiger partial charge in [-0.3, -0.25) is 0 Å².